The van der Waals surface area contributed by atoms with E-state index in [0.717, 1.165) is 0 Å². The molecule has 1 N–H and O–H groups in total. The molecule has 0 aliphatic heterocycles. The Morgan fingerprint density at radius 2 is 2.06 bits per heavy atom. The van der Waals surface area contributed by atoms with Crippen molar-refractivity contribution in [3.05, 3.63) is 40.4 Å². The van der Waals surface area contributed by atoms with E-state index in [9.17, 15) is 18.0 Å². The maximum atomic E-state index is 12.1. The zero-order valence-corrected chi connectivity index (χ0v) is 8.01. The topological polar surface area (TPSA) is 45.8 Å². The summed E-state index contributed by atoms with van der Waals surface area (Å²) >= 11 is 0. The van der Waals surface area contributed by atoms with Gasteiger partial charge in [0, 0.05) is 0 Å². The Hall–Kier alpha value is -1.85. The lowest BCUT2D eigenvalue weighted by Gasteiger charge is -2.06. The second-order valence-corrected chi connectivity index (χ2v) is 3.38. The SMILES string of the molecule is O=c1[nH]cnc2ccc(CC(F)(F)F)cc12. The summed E-state index contributed by atoms with van der Waals surface area (Å²) in [5, 5.41) is 0.171. The number of hydrogen-bond donors (Lipinski definition) is 1. The van der Waals surface area contributed by atoms with Crippen LogP contribution in [-0.2, 0) is 6.42 Å². The third-order valence-electron chi connectivity index (χ3n) is 2.11. The summed E-state index contributed by atoms with van der Waals surface area (Å²) < 4.78 is 36.4. The Morgan fingerprint density at radius 1 is 1.31 bits per heavy atom. The van der Waals surface area contributed by atoms with Gasteiger partial charge in [-0.1, -0.05) is 6.07 Å². The molecule has 2 aromatic rings. The van der Waals surface area contributed by atoms with Crippen LogP contribution in [0.2, 0.25) is 0 Å². The van der Waals surface area contributed by atoms with E-state index in [-0.39, 0.29) is 10.9 Å². The van der Waals surface area contributed by atoms with Crippen LogP contribution in [0.3, 0.4) is 0 Å². The van der Waals surface area contributed by atoms with Gasteiger partial charge in [0.05, 0.1) is 23.7 Å². The van der Waals surface area contributed by atoms with E-state index in [1.165, 1.54) is 24.5 Å². The lowest BCUT2D eigenvalue weighted by atomic mass is 10.1. The van der Waals surface area contributed by atoms with Crippen molar-refractivity contribution < 1.29 is 13.2 Å². The summed E-state index contributed by atoms with van der Waals surface area (Å²) in [5.41, 5.74) is 0.00204. The minimum absolute atomic E-state index is 0.0542. The van der Waals surface area contributed by atoms with Crippen LogP contribution < -0.4 is 5.56 Å². The van der Waals surface area contributed by atoms with Crippen LogP contribution in [0.1, 0.15) is 5.56 Å². The molecule has 0 saturated carbocycles. The first-order chi connectivity index (χ1) is 7.46. The normalized spacial score (nSPS) is 11.9. The molecule has 0 bridgehead atoms. The Bertz CT molecular complexity index is 574. The molecule has 3 nitrogen and oxygen atoms in total. The number of alkyl halides is 3. The second-order valence-electron chi connectivity index (χ2n) is 3.38. The number of benzene rings is 1. The quantitative estimate of drug-likeness (QED) is 0.811. The Morgan fingerprint density at radius 3 is 2.75 bits per heavy atom. The van der Waals surface area contributed by atoms with Crippen molar-refractivity contribution in [2.75, 3.05) is 0 Å². The molecule has 0 saturated heterocycles. The van der Waals surface area contributed by atoms with Gasteiger partial charge in [0.15, 0.2) is 0 Å². The fraction of sp³-hybridized carbons (Fsp3) is 0.200. The maximum absolute atomic E-state index is 12.1. The van der Waals surface area contributed by atoms with E-state index in [1.54, 1.807) is 0 Å². The molecule has 84 valence electrons. The fourth-order valence-corrected chi connectivity index (χ4v) is 1.46. The number of nitrogens with zero attached hydrogens (tertiary/aromatic N) is 1. The predicted octanol–water partition coefficient (Wildman–Crippen LogP) is 2.03. The molecule has 0 aliphatic rings. The first-order valence-corrected chi connectivity index (χ1v) is 4.49. The van der Waals surface area contributed by atoms with Gasteiger partial charge in [0.1, 0.15) is 0 Å². The molecule has 16 heavy (non-hydrogen) atoms. The Kier molecular flexibility index (Phi) is 2.41. The van der Waals surface area contributed by atoms with Gasteiger partial charge in [-0.25, -0.2) is 4.98 Å². The molecule has 1 heterocycles. The fourth-order valence-electron chi connectivity index (χ4n) is 1.46. The first kappa shape index (κ1) is 10.7. The first-order valence-electron chi connectivity index (χ1n) is 4.49. The molecule has 2 rings (SSSR count). The van der Waals surface area contributed by atoms with Crippen LogP contribution in [0.4, 0.5) is 13.2 Å². The molecular formula is C10H7F3N2O. The molecule has 0 amide bonds. The number of hydrogen-bond acceptors (Lipinski definition) is 2. The van der Waals surface area contributed by atoms with Gasteiger partial charge in [-0.3, -0.25) is 4.79 Å². The summed E-state index contributed by atoms with van der Waals surface area (Å²) in [4.78, 5) is 17.5. The second kappa shape index (κ2) is 3.62. The van der Waals surface area contributed by atoms with E-state index in [0.29, 0.717) is 5.52 Å². The lowest BCUT2D eigenvalue weighted by Crippen LogP contribution is -2.12. The number of fused-ring (bicyclic) bond motifs is 1. The Labute approximate surface area is 87.9 Å². The van der Waals surface area contributed by atoms with Gasteiger partial charge in [-0.2, -0.15) is 13.2 Å². The highest BCUT2D eigenvalue weighted by atomic mass is 19.4. The molecule has 0 fully saturated rings. The van der Waals surface area contributed by atoms with E-state index in [2.05, 4.69) is 9.97 Å². The number of aromatic amines is 1. The van der Waals surface area contributed by atoms with Crippen LogP contribution in [-0.4, -0.2) is 16.1 Å². The molecule has 0 spiro atoms. The van der Waals surface area contributed by atoms with Crippen LogP contribution in [0.15, 0.2) is 29.3 Å². The van der Waals surface area contributed by atoms with E-state index < -0.39 is 18.2 Å². The standard InChI is InChI=1S/C10H7F3N2O/c11-10(12,13)4-6-1-2-8-7(3-6)9(16)15-5-14-8/h1-3,5H,4H2,(H,14,15,16). The van der Waals surface area contributed by atoms with Crippen molar-refractivity contribution in [3.63, 3.8) is 0 Å². The van der Waals surface area contributed by atoms with E-state index in [1.807, 2.05) is 0 Å². The van der Waals surface area contributed by atoms with Crippen molar-refractivity contribution in [1.29, 1.82) is 0 Å². The molecule has 0 radical (unpaired) electrons. The molecule has 0 unspecified atom stereocenters. The average Bonchev–Trinajstić information content (AvgIpc) is 2.17. The largest absolute Gasteiger partial charge is 0.393 e. The summed E-state index contributed by atoms with van der Waals surface area (Å²) in [5.74, 6) is 0. The minimum Gasteiger partial charge on any atom is -0.313 e. The monoisotopic (exact) mass is 228 g/mol. The van der Waals surface area contributed by atoms with Crippen molar-refractivity contribution >= 4 is 10.9 Å². The van der Waals surface area contributed by atoms with Crippen LogP contribution in [0.25, 0.3) is 10.9 Å². The van der Waals surface area contributed by atoms with Crippen molar-refractivity contribution in [1.82, 2.24) is 9.97 Å². The predicted molar refractivity (Wildman–Crippen MR) is 52.1 cm³/mol. The number of rotatable bonds is 1. The number of H-pyrrole nitrogens is 1. The summed E-state index contributed by atoms with van der Waals surface area (Å²) in [6, 6.07) is 3.95. The van der Waals surface area contributed by atoms with Gasteiger partial charge in [0.25, 0.3) is 5.56 Å². The number of aromatic nitrogens is 2. The van der Waals surface area contributed by atoms with Gasteiger partial charge in [-0.05, 0) is 17.7 Å². The van der Waals surface area contributed by atoms with Gasteiger partial charge >= 0.3 is 6.18 Å². The van der Waals surface area contributed by atoms with Gasteiger partial charge in [0.2, 0.25) is 0 Å². The Balaban J connectivity index is 2.52. The van der Waals surface area contributed by atoms with Crippen molar-refractivity contribution in [2.24, 2.45) is 0 Å². The molecule has 6 heteroatoms. The number of halogens is 3. The zero-order chi connectivity index (χ0) is 11.8. The highest BCUT2D eigenvalue weighted by Crippen LogP contribution is 2.22. The van der Waals surface area contributed by atoms with Crippen LogP contribution in [0.5, 0.6) is 0 Å². The van der Waals surface area contributed by atoms with Gasteiger partial charge in [-0.15, -0.1) is 0 Å². The molecule has 1 aromatic heterocycles. The highest BCUT2D eigenvalue weighted by Gasteiger charge is 2.27. The lowest BCUT2D eigenvalue weighted by molar-refractivity contribution is -0.127. The zero-order valence-electron chi connectivity index (χ0n) is 8.01. The maximum Gasteiger partial charge on any atom is 0.393 e. The van der Waals surface area contributed by atoms with Gasteiger partial charge < -0.3 is 4.98 Å². The highest BCUT2D eigenvalue weighted by molar-refractivity contribution is 5.77. The number of nitrogens with one attached hydrogen (secondary N) is 1. The van der Waals surface area contributed by atoms with Crippen LogP contribution >= 0.6 is 0 Å². The summed E-state index contributed by atoms with van der Waals surface area (Å²) in [6.07, 6.45) is -4.10. The average molecular weight is 228 g/mol. The third kappa shape index (κ3) is 2.21. The van der Waals surface area contributed by atoms with Crippen molar-refractivity contribution in [3.8, 4) is 0 Å². The van der Waals surface area contributed by atoms with E-state index in [4.69, 9.17) is 0 Å². The summed E-state index contributed by atoms with van der Waals surface area (Å²) in [7, 11) is 0. The molecule has 0 aliphatic carbocycles. The van der Waals surface area contributed by atoms with Crippen molar-refractivity contribution in [2.45, 2.75) is 12.6 Å². The smallest absolute Gasteiger partial charge is 0.313 e. The molecular weight excluding hydrogens is 221 g/mol. The van der Waals surface area contributed by atoms with E-state index >= 15 is 0 Å². The van der Waals surface area contributed by atoms with Crippen LogP contribution in [0, 0.1) is 0 Å². The minimum atomic E-state index is -4.28. The summed E-state index contributed by atoms with van der Waals surface area (Å²) in [6.45, 7) is 0. The third-order valence-corrected chi connectivity index (χ3v) is 2.11. The molecule has 1 aromatic carbocycles. The molecule has 0 atom stereocenters.